The van der Waals surface area contributed by atoms with Gasteiger partial charge in [0.1, 0.15) is 11.6 Å². The van der Waals surface area contributed by atoms with Crippen LogP contribution in [0.15, 0.2) is 18.3 Å². The maximum absolute atomic E-state index is 12.3. The molecule has 0 unspecified atom stereocenters. The molecule has 0 fully saturated rings. The van der Waals surface area contributed by atoms with Gasteiger partial charge in [-0.3, -0.25) is 0 Å². The molecule has 0 radical (unpaired) electrons. The molecular weight excluding hydrogens is 178 g/mol. The van der Waals surface area contributed by atoms with Crippen LogP contribution in [-0.4, -0.2) is 17.5 Å². The molecule has 0 aliphatic rings. The van der Waals surface area contributed by atoms with E-state index in [9.17, 15) is 8.78 Å². The van der Waals surface area contributed by atoms with Crippen LogP contribution >= 0.6 is 0 Å². The number of halogens is 2. The maximum Gasteiger partial charge on any atom is 0.278 e. The van der Waals surface area contributed by atoms with E-state index in [1.807, 2.05) is 0 Å². The minimum Gasteiger partial charge on any atom is -0.486 e. The van der Waals surface area contributed by atoms with E-state index < -0.39 is 12.5 Å². The molecular formula is C8H10F2N2O. The number of rotatable bonds is 3. The Hall–Kier alpha value is -1.39. The number of hydrogen-bond acceptors (Lipinski definition) is 3. The molecule has 0 aromatic carbocycles. The topological polar surface area (TPSA) is 48.1 Å². The third-order valence-electron chi connectivity index (χ3n) is 1.25. The molecule has 0 atom stereocenters. The molecule has 0 aliphatic heterocycles. The van der Waals surface area contributed by atoms with Gasteiger partial charge in [0.25, 0.3) is 5.92 Å². The SMILES string of the molecule is CC(F)(F)COc1ccc(N)nc1. The number of aromatic nitrogens is 1. The van der Waals surface area contributed by atoms with Crippen molar-refractivity contribution in [3.05, 3.63) is 18.3 Å². The summed E-state index contributed by atoms with van der Waals surface area (Å²) in [6, 6.07) is 2.98. The van der Waals surface area contributed by atoms with E-state index >= 15 is 0 Å². The lowest BCUT2D eigenvalue weighted by Crippen LogP contribution is -2.20. The van der Waals surface area contributed by atoms with Crippen LogP contribution in [0.4, 0.5) is 14.6 Å². The molecule has 13 heavy (non-hydrogen) atoms. The fourth-order valence-electron chi connectivity index (χ4n) is 0.687. The highest BCUT2D eigenvalue weighted by molar-refractivity contribution is 5.32. The summed E-state index contributed by atoms with van der Waals surface area (Å²) in [5.41, 5.74) is 5.29. The summed E-state index contributed by atoms with van der Waals surface area (Å²) < 4.78 is 29.4. The first kappa shape index (κ1) is 9.70. The number of anilines is 1. The van der Waals surface area contributed by atoms with Crippen molar-refractivity contribution in [2.24, 2.45) is 0 Å². The van der Waals surface area contributed by atoms with Crippen molar-refractivity contribution in [1.29, 1.82) is 0 Å². The first-order valence-corrected chi connectivity index (χ1v) is 3.69. The van der Waals surface area contributed by atoms with Crippen molar-refractivity contribution in [3.63, 3.8) is 0 Å². The second-order valence-corrected chi connectivity index (χ2v) is 2.78. The quantitative estimate of drug-likeness (QED) is 0.785. The lowest BCUT2D eigenvalue weighted by Gasteiger charge is -2.11. The predicted octanol–water partition coefficient (Wildman–Crippen LogP) is 1.70. The minimum atomic E-state index is -2.83. The molecule has 0 saturated heterocycles. The van der Waals surface area contributed by atoms with E-state index in [1.165, 1.54) is 18.3 Å². The van der Waals surface area contributed by atoms with Crippen LogP contribution in [-0.2, 0) is 0 Å². The van der Waals surface area contributed by atoms with Gasteiger partial charge in [-0.05, 0) is 12.1 Å². The molecule has 0 spiro atoms. The average Bonchev–Trinajstić information content (AvgIpc) is 2.02. The van der Waals surface area contributed by atoms with Gasteiger partial charge in [0.15, 0.2) is 6.61 Å². The summed E-state index contributed by atoms with van der Waals surface area (Å²) >= 11 is 0. The first-order valence-electron chi connectivity index (χ1n) is 3.69. The smallest absolute Gasteiger partial charge is 0.278 e. The number of nitrogens with two attached hydrogens (primary N) is 1. The van der Waals surface area contributed by atoms with Gasteiger partial charge in [-0.15, -0.1) is 0 Å². The van der Waals surface area contributed by atoms with Gasteiger partial charge < -0.3 is 10.5 Å². The van der Waals surface area contributed by atoms with E-state index in [-0.39, 0.29) is 5.75 Å². The third-order valence-corrected chi connectivity index (χ3v) is 1.25. The summed E-state index contributed by atoms with van der Waals surface area (Å²) in [5, 5.41) is 0. The zero-order valence-corrected chi connectivity index (χ0v) is 7.13. The molecule has 3 nitrogen and oxygen atoms in total. The van der Waals surface area contributed by atoms with Crippen molar-refractivity contribution in [2.75, 3.05) is 12.3 Å². The van der Waals surface area contributed by atoms with Crippen LogP contribution in [0.2, 0.25) is 0 Å². The molecule has 5 heteroatoms. The van der Waals surface area contributed by atoms with Crippen molar-refractivity contribution in [1.82, 2.24) is 4.98 Å². The molecule has 1 heterocycles. The summed E-state index contributed by atoms with van der Waals surface area (Å²) in [6.07, 6.45) is 1.31. The number of nitrogen functional groups attached to an aromatic ring is 1. The minimum absolute atomic E-state index is 0.288. The van der Waals surface area contributed by atoms with Crippen molar-refractivity contribution < 1.29 is 13.5 Å². The molecule has 1 aromatic rings. The van der Waals surface area contributed by atoms with Crippen LogP contribution in [0.5, 0.6) is 5.75 Å². The van der Waals surface area contributed by atoms with Crippen LogP contribution in [0.25, 0.3) is 0 Å². The average molecular weight is 188 g/mol. The van der Waals surface area contributed by atoms with E-state index in [1.54, 1.807) is 0 Å². The molecule has 72 valence electrons. The highest BCUT2D eigenvalue weighted by atomic mass is 19.3. The fraction of sp³-hybridized carbons (Fsp3) is 0.375. The molecule has 1 rings (SSSR count). The van der Waals surface area contributed by atoms with Crippen molar-refractivity contribution in [3.8, 4) is 5.75 Å². The Labute approximate surface area is 74.5 Å². The molecule has 2 N–H and O–H groups in total. The molecule has 0 saturated carbocycles. The Balaban J connectivity index is 2.51. The Morgan fingerprint density at radius 1 is 1.54 bits per heavy atom. The second-order valence-electron chi connectivity index (χ2n) is 2.78. The monoisotopic (exact) mass is 188 g/mol. The van der Waals surface area contributed by atoms with Gasteiger partial charge in [-0.2, -0.15) is 0 Å². The summed E-state index contributed by atoms with van der Waals surface area (Å²) in [5.74, 6) is -2.21. The van der Waals surface area contributed by atoms with Gasteiger partial charge in [-0.1, -0.05) is 0 Å². The summed E-state index contributed by atoms with van der Waals surface area (Å²) in [6.45, 7) is 0.135. The lowest BCUT2D eigenvalue weighted by atomic mass is 10.4. The Kier molecular flexibility index (Phi) is 2.65. The maximum atomic E-state index is 12.3. The zero-order chi connectivity index (χ0) is 9.90. The zero-order valence-electron chi connectivity index (χ0n) is 7.13. The van der Waals surface area contributed by atoms with Crippen LogP contribution in [0.1, 0.15) is 6.92 Å². The number of alkyl halides is 2. The highest BCUT2D eigenvalue weighted by Gasteiger charge is 2.21. The van der Waals surface area contributed by atoms with E-state index in [4.69, 9.17) is 10.5 Å². The number of hydrogen-bond donors (Lipinski definition) is 1. The largest absolute Gasteiger partial charge is 0.486 e. The van der Waals surface area contributed by atoms with Gasteiger partial charge in [0.05, 0.1) is 6.20 Å². The van der Waals surface area contributed by atoms with Gasteiger partial charge in [0, 0.05) is 6.92 Å². The van der Waals surface area contributed by atoms with Crippen molar-refractivity contribution >= 4 is 5.82 Å². The summed E-state index contributed by atoms with van der Waals surface area (Å²) in [7, 11) is 0. The Morgan fingerprint density at radius 2 is 2.23 bits per heavy atom. The van der Waals surface area contributed by atoms with E-state index in [2.05, 4.69) is 4.98 Å². The Bertz CT molecular complexity index is 268. The summed E-state index contributed by atoms with van der Waals surface area (Å²) in [4.78, 5) is 3.69. The fourth-order valence-corrected chi connectivity index (χ4v) is 0.687. The standard InChI is InChI=1S/C8H10F2N2O/c1-8(9,10)5-13-6-2-3-7(11)12-4-6/h2-4H,5H2,1H3,(H2,11,12). The van der Waals surface area contributed by atoms with Crippen LogP contribution in [0, 0.1) is 0 Å². The van der Waals surface area contributed by atoms with Gasteiger partial charge in [0.2, 0.25) is 0 Å². The normalized spacial score (nSPS) is 11.3. The van der Waals surface area contributed by atoms with Gasteiger partial charge >= 0.3 is 0 Å². The number of ether oxygens (including phenoxy) is 1. The molecule has 0 aliphatic carbocycles. The Morgan fingerprint density at radius 3 is 2.69 bits per heavy atom. The third kappa shape index (κ3) is 3.68. The van der Waals surface area contributed by atoms with Gasteiger partial charge in [-0.25, -0.2) is 13.8 Å². The first-order chi connectivity index (χ1) is 5.97. The van der Waals surface area contributed by atoms with Crippen LogP contribution < -0.4 is 10.5 Å². The molecule has 1 aromatic heterocycles. The number of nitrogens with zero attached hydrogens (tertiary/aromatic N) is 1. The van der Waals surface area contributed by atoms with Crippen LogP contribution in [0.3, 0.4) is 0 Å². The van der Waals surface area contributed by atoms with Crippen molar-refractivity contribution in [2.45, 2.75) is 12.8 Å². The second kappa shape index (κ2) is 3.55. The highest BCUT2D eigenvalue weighted by Crippen LogP contribution is 2.16. The predicted molar refractivity (Wildman–Crippen MR) is 44.8 cm³/mol. The lowest BCUT2D eigenvalue weighted by molar-refractivity contribution is -0.0230. The molecule has 0 bridgehead atoms. The molecule has 0 amide bonds. The van der Waals surface area contributed by atoms with E-state index in [0.29, 0.717) is 5.82 Å². The number of pyridine rings is 1. The van der Waals surface area contributed by atoms with E-state index in [0.717, 1.165) is 6.92 Å².